The number of carbonyl (C=O) groups is 1. The van der Waals surface area contributed by atoms with Crippen LogP contribution in [0, 0.1) is 0 Å². The number of nitrogens with one attached hydrogen (secondary N) is 1. The van der Waals surface area contributed by atoms with Crippen molar-refractivity contribution in [3.8, 4) is 0 Å². The van der Waals surface area contributed by atoms with E-state index in [9.17, 15) is 4.79 Å². The molecule has 0 aliphatic carbocycles. The van der Waals surface area contributed by atoms with E-state index in [1.165, 1.54) is 28.5 Å². The highest BCUT2D eigenvalue weighted by molar-refractivity contribution is 6.29. The van der Waals surface area contributed by atoms with Crippen LogP contribution in [0.15, 0.2) is 67.5 Å². The van der Waals surface area contributed by atoms with Crippen molar-refractivity contribution in [2.45, 2.75) is 0 Å². The Balaban J connectivity index is 1.80. The molecule has 0 bridgehead atoms. The third-order valence-corrected chi connectivity index (χ3v) is 3.79. The van der Waals surface area contributed by atoms with E-state index in [1.807, 2.05) is 18.2 Å². The van der Waals surface area contributed by atoms with E-state index in [-0.39, 0.29) is 5.15 Å². The first-order valence-corrected chi connectivity index (χ1v) is 8.01. The van der Waals surface area contributed by atoms with Crippen molar-refractivity contribution in [3.63, 3.8) is 0 Å². The third-order valence-electron chi connectivity index (χ3n) is 3.58. The van der Waals surface area contributed by atoms with Crippen LogP contribution in [0.5, 0.6) is 0 Å². The summed E-state index contributed by atoms with van der Waals surface area (Å²) in [5.41, 5.74) is 2.21. The Morgan fingerprint density at radius 2 is 1.96 bits per heavy atom. The minimum Gasteiger partial charge on any atom is -0.306 e. The van der Waals surface area contributed by atoms with E-state index in [1.54, 1.807) is 30.5 Å². The molecular formula is C17H12ClN7O. The molecule has 1 N–H and O–H groups in total. The minimum absolute atomic E-state index is 0.263. The molecule has 26 heavy (non-hydrogen) atoms. The van der Waals surface area contributed by atoms with Crippen molar-refractivity contribution in [2.24, 2.45) is 0 Å². The van der Waals surface area contributed by atoms with Crippen LogP contribution in [-0.4, -0.2) is 30.6 Å². The number of imidazole rings is 1. The topological polar surface area (TPSA) is 88.8 Å². The van der Waals surface area contributed by atoms with Crippen LogP contribution in [0.3, 0.4) is 0 Å². The van der Waals surface area contributed by atoms with Gasteiger partial charge in [-0.1, -0.05) is 29.8 Å². The molecule has 0 unspecified atom stereocenters. The number of aromatic nitrogens is 5. The van der Waals surface area contributed by atoms with Gasteiger partial charge < -0.3 is 5.32 Å². The number of rotatable bonds is 3. The van der Waals surface area contributed by atoms with Gasteiger partial charge in [-0.2, -0.15) is 5.01 Å². The van der Waals surface area contributed by atoms with Gasteiger partial charge in [0.1, 0.15) is 23.3 Å². The predicted molar refractivity (Wildman–Crippen MR) is 97.9 cm³/mol. The Bertz CT molecular complexity index is 1070. The molecule has 0 saturated carbocycles. The molecule has 0 aliphatic heterocycles. The van der Waals surface area contributed by atoms with Crippen molar-refractivity contribution in [1.82, 2.24) is 24.6 Å². The maximum Gasteiger partial charge on any atom is 0.345 e. The Morgan fingerprint density at radius 3 is 2.77 bits per heavy atom. The molecule has 4 rings (SSSR count). The van der Waals surface area contributed by atoms with Crippen LogP contribution in [0.4, 0.5) is 16.2 Å². The summed E-state index contributed by atoms with van der Waals surface area (Å²) in [5.74, 6) is 0. The van der Waals surface area contributed by atoms with Gasteiger partial charge in [-0.25, -0.2) is 29.4 Å². The molecular weight excluding hydrogens is 354 g/mol. The Labute approximate surface area is 153 Å². The van der Waals surface area contributed by atoms with Crippen molar-refractivity contribution in [1.29, 1.82) is 0 Å². The van der Waals surface area contributed by atoms with E-state index < -0.39 is 6.03 Å². The molecule has 3 aromatic heterocycles. The zero-order valence-corrected chi connectivity index (χ0v) is 14.1. The minimum atomic E-state index is -0.406. The molecule has 8 nitrogen and oxygen atoms in total. The van der Waals surface area contributed by atoms with Crippen LogP contribution < -0.4 is 10.3 Å². The van der Waals surface area contributed by atoms with Crippen LogP contribution in [-0.2, 0) is 0 Å². The summed E-state index contributed by atoms with van der Waals surface area (Å²) < 4.78 is 1.53. The molecule has 0 fully saturated rings. The Morgan fingerprint density at radius 1 is 1.12 bits per heavy atom. The number of hydrogen-bond acceptors (Lipinski definition) is 5. The van der Waals surface area contributed by atoms with Gasteiger partial charge in [-0.3, -0.25) is 0 Å². The van der Waals surface area contributed by atoms with Gasteiger partial charge in [0.25, 0.3) is 0 Å². The lowest BCUT2D eigenvalue weighted by atomic mass is 10.3. The SMILES string of the molecule is O=C(Nc1ccccc1)N(c1ccnc(Cl)c1)n1cnc2cncnc21. The van der Waals surface area contributed by atoms with Gasteiger partial charge in [0.05, 0.1) is 11.9 Å². The molecule has 2 amide bonds. The number of nitrogens with zero attached hydrogens (tertiary/aromatic N) is 6. The average molecular weight is 366 g/mol. The zero-order valence-electron chi connectivity index (χ0n) is 13.3. The number of anilines is 2. The highest BCUT2D eigenvalue weighted by atomic mass is 35.5. The molecule has 0 aliphatic rings. The summed E-state index contributed by atoms with van der Waals surface area (Å²) in [6.07, 6.45) is 5.99. The predicted octanol–water partition coefficient (Wildman–Crippen LogP) is 3.38. The van der Waals surface area contributed by atoms with Gasteiger partial charge in [-0.15, -0.1) is 0 Å². The number of hydrogen-bond donors (Lipinski definition) is 1. The number of carbonyl (C=O) groups excluding carboxylic acids is 1. The molecule has 4 aromatic rings. The van der Waals surface area contributed by atoms with E-state index in [0.717, 1.165) is 0 Å². The lowest BCUT2D eigenvalue weighted by Crippen LogP contribution is -2.39. The van der Waals surface area contributed by atoms with Gasteiger partial charge in [-0.05, 0) is 18.2 Å². The van der Waals surface area contributed by atoms with Crippen LogP contribution in [0.25, 0.3) is 11.2 Å². The molecule has 0 saturated heterocycles. The summed E-state index contributed by atoms with van der Waals surface area (Å²) in [4.78, 5) is 29.4. The molecule has 128 valence electrons. The van der Waals surface area contributed by atoms with Crippen molar-refractivity contribution >= 4 is 40.2 Å². The Hall–Kier alpha value is -3.52. The number of halogens is 1. The number of fused-ring (bicyclic) bond motifs is 1. The van der Waals surface area contributed by atoms with E-state index in [0.29, 0.717) is 22.5 Å². The van der Waals surface area contributed by atoms with E-state index >= 15 is 0 Å². The molecule has 1 aromatic carbocycles. The normalized spacial score (nSPS) is 10.7. The monoisotopic (exact) mass is 365 g/mol. The average Bonchev–Trinajstić information content (AvgIpc) is 3.07. The Kier molecular flexibility index (Phi) is 4.16. The second kappa shape index (κ2) is 6.77. The molecule has 0 atom stereocenters. The molecule has 3 heterocycles. The number of benzene rings is 1. The first-order valence-electron chi connectivity index (χ1n) is 7.63. The van der Waals surface area contributed by atoms with E-state index in [4.69, 9.17) is 11.6 Å². The highest BCUT2D eigenvalue weighted by Crippen LogP contribution is 2.22. The lowest BCUT2D eigenvalue weighted by Gasteiger charge is -2.24. The fraction of sp³-hybridized carbons (Fsp3) is 0. The molecule has 0 radical (unpaired) electrons. The van der Waals surface area contributed by atoms with Crippen molar-refractivity contribution < 1.29 is 4.79 Å². The van der Waals surface area contributed by atoms with Gasteiger partial charge in [0.2, 0.25) is 0 Å². The summed E-state index contributed by atoms with van der Waals surface area (Å²) >= 11 is 6.01. The quantitative estimate of drug-likeness (QED) is 0.562. The van der Waals surface area contributed by atoms with Crippen molar-refractivity contribution in [2.75, 3.05) is 10.3 Å². The molecule has 0 spiro atoms. The second-order valence-corrected chi connectivity index (χ2v) is 5.65. The highest BCUT2D eigenvalue weighted by Gasteiger charge is 2.21. The maximum absolute atomic E-state index is 13.0. The standard InChI is InChI=1S/C17H12ClN7O/c18-15-8-13(6-7-20-15)25(17(26)23-12-4-2-1-3-5-12)24-11-22-14-9-19-10-21-16(14)24/h1-11H,(H,23,26). The fourth-order valence-corrected chi connectivity index (χ4v) is 2.63. The number of pyridine rings is 1. The first kappa shape index (κ1) is 16.0. The maximum atomic E-state index is 13.0. The zero-order chi connectivity index (χ0) is 17.9. The van der Waals surface area contributed by atoms with Gasteiger partial charge in [0.15, 0.2) is 5.65 Å². The largest absolute Gasteiger partial charge is 0.345 e. The third kappa shape index (κ3) is 3.05. The lowest BCUT2D eigenvalue weighted by molar-refractivity contribution is 0.255. The van der Waals surface area contributed by atoms with Crippen LogP contribution >= 0.6 is 11.6 Å². The van der Waals surface area contributed by atoms with Gasteiger partial charge in [0, 0.05) is 18.0 Å². The second-order valence-electron chi connectivity index (χ2n) is 5.27. The summed E-state index contributed by atoms with van der Waals surface area (Å²) in [5, 5.41) is 4.49. The smallest absolute Gasteiger partial charge is 0.306 e. The van der Waals surface area contributed by atoms with Gasteiger partial charge >= 0.3 is 6.03 Å². The van der Waals surface area contributed by atoms with Crippen molar-refractivity contribution in [3.05, 3.63) is 72.7 Å². The number of amides is 2. The summed E-state index contributed by atoms with van der Waals surface area (Å²) in [6, 6.07) is 12.0. The summed E-state index contributed by atoms with van der Waals surface area (Å²) in [7, 11) is 0. The van der Waals surface area contributed by atoms with Crippen LogP contribution in [0.1, 0.15) is 0 Å². The molecule has 9 heteroatoms. The number of para-hydroxylation sites is 1. The fourth-order valence-electron chi connectivity index (χ4n) is 2.46. The summed E-state index contributed by atoms with van der Waals surface area (Å²) in [6.45, 7) is 0. The first-order chi connectivity index (χ1) is 12.7. The number of urea groups is 1. The van der Waals surface area contributed by atoms with Crippen LogP contribution in [0.2, 0.25) is 5.15 Å². The van der Waals surface area contributed by atoms with E-state index in [2.05, 4.69) is 25.3 Å².